The molecule has 2 aliphatic rings. The van der Waals surface area contributed by atoms with Gasteiger partial charge in [-0.15, -0.1) is 0 Å². The first kappa shape index (κ1) is 11.9. The van der Waals surface area contributed by atoms with E-state index in [0.717, 1.165) is 32.5 Å². The molecule has 4 heteroatoms. The Morgan fingerprint density at radius 1 is 1.31 bits per heavy atom. The van der Waals surface area contributed by atoms with Crippen LogP contribution in [0, 0.1) is 0 Å². The summed E-state index contributed by atoms with van der Waals surface area (Å²) in [6, 6.07) is 0.575. The molecule has 0 aliphatic carbocycles. The third-order valence-electron chi connectivity index (χ3n) is 3.75. The number of likely N-dealkylation sites (N-methyl/N-ethyl adjacent to an activating group) is 1. The second kappa shape index (κ2) is 5.64. The van der Waals surface area contributed by atoms with Gasteiger partial charge in [0.2, 0.25) is 5.91 Å². The van der Waals surface area contributed by atoms with E-state index < -0.39 is 0 Å². The molecule has 2 heterocycles. The topological polar surface area (TPSA) is 44.4 Å². The van der Waals surface area contributed by atoms with Crippen molar-refractivity contribution in [3.8, 4) is 0 Å². The Labute approximate surface area is 97.8 Å². The van der Waals surface area contributed by atoms with Gasteiger partial charge in [0.1, 0.15) is 0 Å². The Morgan fingerprint density at radius 2 is 2.19 bits per heavy atom. The van der Waals surface area contributed by atoms with Crippen molar-refractivity contribution in [3.63, 3.8) is 0 Å². The highest BCUT2D eigenvalue weighted by molar-refractivity contribution is 5.82. The number of likely N-dealkylation sites (tertiary alicyclic amines) is 1. The van der Waals surface area contributed by atoms with Gasteiger partial charge in [0, 0.05) is 19.1 Å². The van der Waals surface area contributed by atoms with E-state index in [-0.39, 0.29) is 6.04 Å². The van der Waals surface area contributed by atoms with Gasteiger partial charge >= 0.3 is 0 Å². The van der Waals surface area contributed by atoms with Crippen LogP contribution in [0.3, 0.4) is 0 Å². The molecule has 0 saturated carbocycles. The molecule has 0 aromatic carbocycles. The van der Waals surface area contributed by atoms with Gasteiger partial charge in [-0.3, -0.25) is 4.79 Å². The fourth-order valence-corrected chi connectivity index (χ4v) is 2.70. The standard InChI is InChI=1S/C12H23N3O/c1-13-10-5-4-8-15(9-10)12(16)11-6-2-3-7-14-11/h10-11,13-14H,2-9H2,1H3/t10?,11-/m1/s1. The Morgan fingerprint density at radius 3 is 2.88 bits per heavy atom. The minimum absolute atomic E-state index is 0.0874. The van der Waals surface area contributed by atoms with Crippen LogP contribution in [-0.2, 0) is 4.79 Å². The summed E-state index contributed by atoms with van der Waals surface area (Å²) >= 11 is 0. The summed E-state index contributed by atoms with van der Waals surface area (Å²) in [6.45, 7) is 2.82. The summed E-state index contributed by atoms with van der Waals surface area (Å²) in [6.07, 6.45) is 5.73. The lowest BCUT2D eigenvalue weighted by Crippen LogP contribution is -2.54. The molecule has 0 spiro atoms. The van der Waals surface area contributed by atoms with E-state index in [2.05, 4.69) is 10.6 Å². The first-order chi connectivity index (χ1) is 7.81. The first-order valence-corrected chi connectivity index (χ1v) is 6.50. The van der Waals surface area contributed by atoms with E-state index >= 15 is 0 Å². The third-order valence-corrected chi connectivity index (χ3v) is 3.75. The Bertz CT molecular complexity index is 238. The van der Waals surface area contributed by atoms with E-state index in [9.17, 15) is 4.79 Å². The first-order valence-electron chi connectivity index (χ1n) is 6.50. The highest BCUT2D eigenvalue weighted by Crippen LogP contribution is 2.14. The molecule has 1 amide bonds. The van der Waals surface area contributed by atoms with Crippen LogP contribution in [0.5, 0.6) is 0 Å². The van der Waals surface area contributed by atoms with Crippen LogP contribution >= 0.6 is 0 Å². The van der Waals surface area contributed by atoms with Gasteiger partial charge in [-0.25, -0.2) is 0 Å². The summed E-state index contributed by atoms with van der Waals surface area (Å²) in [7, 11) is 1.98. The van der Waals surface area contributed by atoms with E-state index in [1.165, 1.54) is 19.3 Å². The highest BCUT2D eigenvalue weighted by atomic mass is 16.2. The van der Waals surface area contributed by atoms with Crippen LogP contribution in [-0.4, -0.2) is 49.6 Å². The van der Waals surface area contributed by atoms with Crippen molar-refractivity contribution < 1.29 is 4.79 Å². The summed E-state index contributed by atoms with van der Waals surface area (Å²) in [4.78, 5) is 14.3. The van der Waals surface area contributed by atoms with Gasteiger partial charge in [0.15, 0.2) is 0 Å². The monoisotopic (exact) mass is 225 g/mol. The van der Waals surface area contributed by atoms with Crippen molar-refractivity contribution in [2.24, 2.45) is 0 Å². The number of rotatable bonds is 2. The minimum Gasteiger partial charge on any atom is -0.340 e. The van der Waals surface area contributed by atoms with Crippen molar-refractivity contribution in [1.82, 2.24) is 15.5 Å². The molecule has 2 N–H and O–H groups in total. The average molecular weight is 225 g/mol. The van der Waals surface area contributed by atoms with Crippen LogP contribution in [0.1, 0.15) is 32.1 Å². The fourth-order valence-electron chi connectivity index (χ4n) is 2.70. The fraction of sp³-hybridized carbons (Fsp3) is 0.917. The summed E-state index contributed by atoms with van der Waals surface area (Å²) in [5.41, 5.74) is 0. The van der Waals surface area contributed by atoms with E-state index in [1.54, 1.807) is 0 Å². The zero-order valence-corrected chi connectivity index (χ0v) is 10.2. The zero-order valence-electron chi connectivity index (χ0n) is 10.2. The highest BCUT2D eigenvalue weighted by Gasteiger charge is 2.28. The molecule has 92 valence electrons. The molecular formula is C12H23N3O. The molecule has 0 aromatic rings. The number of hydrogen-bond acceptors (Lipinski definition) is 3. The van der Waals surface area contributed by atoms with Crippen LogP contribution < -0.4 is 10.6 Å². The summed E-state index contributed by atoms with van der Waals surface area (Å²) in [5, 5.41) is 6.61. The zero-order chi connectivity index (χ0) is 11.4. The van der Waals surface area contributed by atoms with Crippen molar-refractivity contribution in [3.05, 3.63) is 0 Å². The largest absolute Gasteiger partial charge is 0.340 e. The molecule has 16 heavy (non-hydrogen) atoms. The van der Waals surface area contributed by atoms with Crippen molar-refractivity contribution in [1.29, 1.82) is 0 Å². The number of piperidine rings is 2. The second-order valence-electron chi connectivity index (χ2n) is 4.91. The quantitative estimate of drug-likeness (QED) is 0.712. The molecule has 1 unspecified atom stereocenters. The lowest BCUT2D eigenvalue weighted by Gasteiger charge is -2.36. The maximum atomic E-state index is 12.3. The predicted octanol–water partition coefficient (Wildman–Crippen LogP) is 0.339. The molecule has 2 aliphatic heterocycles. The molecular weight excluding hydrogens is 202 g/mol. The number of nitrogens with zero attached hydrogens (tertiary/aromatic N) is 1. The molecule has 0 radical (unpaired) electrons. The Hall–Kier alpha value is -0.610. The van der Waals surface area contributed by atoms with Crippen molar-refractivity contribution in [2.75, 3.05) is 26.7 Å². The number of carbonyl (C=O) groups is 1. The summed E-state index contributed by atoms with van der Waals surface area (Å²) < 4.78 is 0. The van der Waals surface area contributed by atoms with Crippen LogP contribution in [0.2, 0.25) is 0 Å². The molecule has 2 fully saturated rings. The molecule has 0 aromatic heterocycles. The van der Waals surface area contributed by atoms with Crippen LogP contribution in [0.4, 0.5) is 0 Å². The molecule has 2 rings (SSSR count). The van der Waals surface area contributed by atoms with Gasteiger partial charge in [-0.2, -0.15) is 0 Å². The maximum Gasteiger partial charge on any atom is 0.239 e. The molecule has 0 bridgehead atoms. The number of amides is 1. The minimum atomic E-state index is 0.0874. The van der Waals surface area contributed by atoms with E-state index in [1.807, 2.05) is 11.9 Å². The van der Waals surface area contributed by atoms with Gasteiger partial charge in [0.05, 0.1) is 6.04 Å². The smallest absolute Gasteiger partial charge is 0.239 e. The Kier molecular flexibility index (Phi) is 4.18. The molecule has 4 nitrogen and oxygen atoms in total. The SMILES string of the molecule is CNC1CCCN(C(=O)[C@H]2CCCCN2)C1. The lowest BCUT2D eigenvalue weighted by atomic mass is 10.0. The van der Waals surface area contributed by atoms with Crippen LogP contribution in [0.15, 0.2) is 0 Å². The third kappa shape index (κ3) is 2.74. The summed E-state index contributed by atoms with van der Waals surface area (Å²) in [5.74, 6) is 0.319. The van der Waals surface area contributed by atoms with Crippen LogP contribution in [0.25, 0.3) is 0 Å². The number of nitrogens with one attached hydrogen (secondary N) is 2. The van der Waals surface area contributed by atoms with E-state index in [4.69, 9.17) is 0 Å². The second-order valence-corrected chi connectivity index (χ2v) is 4.91. The van der Waals surface area contributed by atoms with Gasteiger partial charge in [-0.05, 0) is 39.3 Å². The number of hydrogen-bond donors (Lipinski definition) is 2. The molecule has 2 saturated heterocycles. The van der Waals surface area contributed by atoms with Gasteiger partial charge in [0.25, 0.3) is 0 Å². The molecule has 2 atom stereocenters. The maximum absolute atomic E-state index is 12.3. The van der Waals surface area contributed by atoms with Crippen molar-refractivity contribution in [2.45, 2.75) is 44.2 Å². The van der Waals surface area contributed by atoms with Gasteiger partial charge < -0.3 is 15.5 Å². The normalized spacial score (nSPS) is 31.4. The van der Waals surface area contributed by atoms with E-state index in [0.29, 0.717) is 11.9 Å². The lowest BCUT2D eigenvalue weighted by molar-refractivity contribution is -0.135. The van der Waals surface area contributed by atoms with Gasteiger partial charge in [-0.1, -0.05) is 6.42 Å². The Balaban J connectivity index is 1.87. The number of carbonyl (C=O) groups excluding carboxylic acids is 1. The predicted molar refractivity (Wildman–Crippen MR) is 64.3 cm³/mol. The average Bonchev–Trinajstić information content (AvgIpc) is 2.39. The van der Waals surface area contributed by atoms with Crippen molar-refractivity contribution >= 4 is 5.91 Å².